The predicted molar refractivity (Wildman–Crippen MR) is 136 cm³/mol. The van der Waals surface area contributed by atoms with Gasteiger partial charge in [-0.05, 0) is 63.9 Å². The van der Waals surface area contributed by atoms with E-state index in [-0.39, 0.29) is 12.0 Å². The van der Waals surface area contributed by atoms with Crippen molar-refractivity contribution < 1.29 is 10.2 Å². The summed E-state index contributed by atoms with van der Waals surface area (Å²) in [6.45, 7) is 0.769. The van der Waals surface area contributed by atoms with Crippen LogP contribution in [0.25, 0.3) is 22.3 Å². The molecule has 0 radical (unpaired) electrons. The highest BCUT2D eigenvalue weighted by molar-refractivity contribution is 5.75. The van der Waals surface area contributed by atoms with Crippen LogP contribution in [-0.2, 0) is 0 Å². The quantitative estimate of drug-likeness (QED) is 0.314. The molecule has 0 amide bonds. The summed E-state index contributed by atoms with van der Waals surface area (Å²) in [5, 5.41) is 26.1. The van der Waals surface area contributed by atoms with E-state index in [1.54, 1.807) is 0 Å². The van der Waals surface area contributed by atoms with E-state index in [2.05, 4.69) is 59.9 Å². The highest BCUT2D eigenvalue weighted by Gasteiger charge is 2.33. The minimum atomic E-state index is -0.584. The Bertz CT molecular complexity index is 1230. The summed E-state index contributed by atoms with van der Waals surface area (Å²) in [5.74, 6) is 0.0668. The molecule has 0 fully saturated rings. The highest BCUT2D eigenvalue weighted by atomic mass is 16.3. The van der Waals surface area contributed by atoms with E-state index in [4.69, 9.17) is 0 Å². The Balaban J connectivity index is 1.19. The molecule has 0 heterocycles. The molecular formula is C31H29NO2. The fraction of sp³-hybridized carbons (Fsp3) is 0.226. The summed E-state index contributed by atoms with van der Waals surface area (Å²) in [6.07, 6.45) is 0.698. The normalized spacial score (nSPS) is 22.3. The van der Waals surface area contributed by atoms with Gasteiger partial charge in [-0.25, -0.2) is 0 Å². The Morgan fingerprint density at radius 1 is 0.529 bits per heavy atom. The van der Waals surface area contributed by atoms with E-state index in [9.17, 15) is 10.2 Å². The molecular weight excluding hydrogens is 418 g/mol. The Labute approximate surface area is 200 Å². The number of nitrogens with one attached hydrogen (secondary N) is 1. The largest absolute Gasteiger partial charge is 0.388 e. The standard InChI is InChI=1S/C31H29NO2/c33-30-26-16-7-4-13-22(26)20-10-1-2-12-23(20)27(30)18-9-19-32-29-25-15-6-3-11-21(25)24-14-5-8-17-28(24)31(29)34/h1-8,10-17,27,29-34H,9,18-19H2. The van der Waals surface area contributed by atoms with Crippen molar-refractivity contribution in [2.24, 2.45) is 0 Å². The number of hydrogen-bond donors (Lipinski definition) is 3. The van der Waals surface area contributed by atoms with Crippen LogP contribution < -0.4 is 5.32 Å². The summed E-state index contributed by atoms with van der Waals surface area (Å²) < 4.78 is 0. The summed E-state index contributed by atoms with van der Waals surface area (Å²) in [7, 11) is 0. The van der Waals surface area contributed by atoms with E-state index in [1.807, 2.05) is 42.5 Å². The predicted octanol–water partition coefficient (Wildman–Crippen LogP) is 6.31. The Kier molecular flexibility index (Phi) is 5.54. The van der Waals surface area contributed by atoms with Gasteiger partial charge in [-0.1, -0.05) is 97.1 Å². The lowest BCUT2D eigenvalue weighted by atomic mass is 9.75. The number of benzene rings is 4. The lowest BCUT2D eigenvalue weighted by Gasteiger charge is -2.34. The minimum Gasteiger partial charge on any atom is -0.388 e. The molecule has 3 N–H and O–H groups in total. The third kappa shape index (κ3) is 3.48. The van der Waals surface area contributed by atoms with Crippen molar-refractivity contribution in [2.45, 2.75) is 37.0 Å². The lowest BCUT2D eigenvalue weighted by molar-refractivity contribution is 0.123. The van der Waals surface area contributed by atoms with Gasteiger partial charge in [0, 0.05) is 5.92 Å². The molecule has 34 heavy (non-hydrogen) atoms. The third-order valence-electron chi connectivity index (χ3n) is 7.55. The second-order valence-electron chi connectivity index (χ2n) is 9.42. The van der Waals surface area contributed by atoms with Crippen LogP contribution in [0, 0.1) is 0 Å². The van der Waals surface area contributed by atoms with Gasteiger partial charge in [0.15, 0.2) is 0 Å². The van der Waals surface area contributed by atoms with Gasteiger partial charge in [0.1, 0.15) is 0 Å². The van der Waals surface area contributed by atoms with Crippen molar-refractivity contribution >= 4 is 0 Å². The van der Waals surface area contributed by atoms with Gasteiger partial charge in [0.05, 0.1) is 18.2 Å². The lowest BCUT2D eigenvalue weighted by Crippen LogP contribution is -2.31. The molecule has 170 valence electrons. The van der Waals surface area contributed by atoms with Gasteiger partial charge in [0.2, 0.25) is 0 Å². The van der Waals surface area contributed by atoms with Crippen LogP contribution in [0.4, 0.5) is 0 Å². The van der Waals surface area contributed by atoms with Crippen molar-refractivity contribution in [3.63, 3.8) is 0 Å². The Morgan fingerprint density at radius 3 is 1.59 bits per heavy atom. The molecule has 4 aromatic rings. The van der Waals surface area contributed by atoms with E-state index in [0.717, 1.165) is 47.2 Å². The van der Waals surface area contributed by atoms with Gasteiger partial charge < -0.3 is 15.5 Å². The van der Waals surface area contributed by atoms with Gasteiger partial charge in [-0.2, -0.15) is 0 Å². The zero-order valence-corrected chi connectivity index (χ0v) is 19.1. The smallest absolute Gasteiger partial charge is 0.0990 e. The van der Waals surface area contributed by atoms with Gasteiger partial charge in [-0.3, -0.25) is 0 Å². The van der Waals surface area contributed by atoms with Crippen LogP contribution >= 0.6 is 0 Å². The van der Waals surface area contributed by atoms with Crippen molar-refractivity contribution in [2.75, 3.05) is 6.54 Å². The number of aliphatic hydroxyl groups is 2. The molecule has 0 bridgehead atoms. The topological polar surface area (TPSA) is 52.5 Å². The molecule has 0 saturated heterocycles. The SMILES string of the molecule is OC1c2ccccc2-c2ccccc2C1CCCNC1c2ccccc2-c2ccccc2C1O. The second kappa shape index (κ2) is 8.84. The third-order valence-corrected chi connectivity index (χ3v) is 7.55. The minimum absolute atomic E-state index is 0.0668. The number of hydrogen-bond acceptors (Lipinski definition) is 3. The zero-order valence-electron chi connectivity index (χ0n) is 19.1. The molecule has 0 saturated carbocycles. The average Bonchev–Trinajstić information content (AvgIpc) is 2.90. The Morgan fingerprint density at radius 2 is 0.971 bits per heavy atom. The van der Waals surface area contributed by atoms with Gasteiger partial charge in [0.25, 0.3) is 0 Å². The molecule has 2 aliphatic rings. The monoisotopic (exact) mass is 447 g/mol. The van der Waals surface area contributed by atoms with Crippen LogP contribution in [0.2, 0.25) is 0 Å². The Hall–Kier alpha value is -3.24. The first kappa shape index (κ1) is 21.3. The molecule has 4 aromatic carbocycles. The van der Waals surface area contributed by atoms with Crippen LogP contribution in [0.3, 0.4) is 0 Å². The fourth-order valence-electron chi connectivity index (χ4n) is 5.93. The molecule has 6 rings (SSSR count). The van der Waals surface area contributed by atoms with E-state index >= 15 is 0 Å². The number of fused-ring (bicyclic) bond motifs is 6. The second-order valence-corrected chi connectivity index (χ2v) is 9.42. The maximum Gasteiger partial charge on any atom is 0.0990 e. The molecule has 0 aliphatic heterocycles. The van der Waals surface area contributed by atoms with Crippen LogP contribution in [0.1, 0.15) is 59.3 Å². The van der Waals surface area contributed by atoms with Gasteiger partial charge in [-0.15, -0.1) is 0 Å². The molecule has 4 unspecified atom stereocenters. The maximum absolute atomic E-state index is 11.2. The van der Waals surface area contributed by atoms with Crippen LogP contribution in [0.15, 0.2) is 97.1 Å². The zero-order chi connectivity index (χ0) is 23.1. The molecule has 0 aromatic heterocycles. The summed E-state index contributed by atoms with van der Waals surface area (Å²) >= 11 is 0. The van der Waals surface area contributed by atoms with Crippen molar-refractivity contribution in [3.05, 3.63) is 119 Å². The highest BCUT2D eigenvalue weighted by Crippen LogP contribution is 2.48. The summed E-state index contributed by atoms with van der Waals surface area (Å²) in [6, 6.07) is 33.0. The van der Waals surface area contributed by atoms with Crippen molar-refractivity contribution in [3.8, 4) is 22.3 Å². The molecule has 4 atom stereocenters. The summed E-state index contributed by atoms with van der Waals surface area (Å²) in [4.78, 5) is 0. The first-order valence-electron chi connectivity index (χ1n) is 12.2. The van der Waals surface area contributed by atoms with Crippen molar-refractivity contribution in [1.29, 1.82) is 0 Å². The molecule has 2 aliphatic carbocycles. The van der Waals surface area contributed by atoms with Gasteiger partial charge >= 0.3 is 0 Å². The van der Waals surface area contributed by atoms with E-state index < -0.39 is 12.2 Å². The molecule has 0 spiro atoms. The van der Waals surface area contributed by atoms with Crippen LogP contribution in [-0.4, -0.2) is 16.8 Å². The number of rotatable bonds is 5. The van der Waals surface area contributed by atoms with Crippen LogP contribution in [0.5, 0.6) is 0 Å². The van der Waals surface area contributed by atoms with E-state index in [1.165, 1.54) is 16.7 Å². The maximum atomic E-state index is 11.2. The first-order chi connectivity index (χ1) is 16.7. The first-order valence-corrected chi connectivity index (χ1v) is 12.2. The van der Waals surface area contributed by atoms with E-state index in [0.29, 0.717) is 0 Å². The fourth-order valence-corrected chi connectivity index (χ4v) is 5.93. The number of aliphatic hydroxyl groups excluding tert-OH is 2. The van der Waals surface area contributed by atoms with Crippen molar-refractivity contribution in [1.82, 2.24) is 5.32 Å². The average molecular weight is 448 g/mol. The summed E-state index contributed by atoms with van der Waals surface area (Å²) in [5.41, 5.74) is 9.05. The molecule has 3 heteroatoms. The molecule has 3 nitrogen and oxygen atoms in total.